The molecule has 0 radical (unpaired) electrons. The van der Waals surface area contributed by atoms with Crippen molar-refractivity contribution in [1.29, 1.82) is 0 Å². The number of rotatable bonds is 22. The molecule has 0 aliphatic carbocycles. The molecule has 0 spiro atoms. The predicted octanol–water partition coefficient (Wildman–Crippen LogP) is 12.9. The Labute approximate surface area is 410 Å². The van der Waals surface area contributed by atoms with Crippen LogP contribution in [0.3, 0.4) is 0 Å². The van der Waals surface area contributed by atoms with Crippen LogP contribution in [-0.4, -0.2) is 82.9 Å². The number of carbonyl (C=O) groups is 1. The molecule has 3 aliphatic rings. The summed E-state index contributed by atoms with van der Waals surface area (Å²) in [7, 11) is -0.711. The number of esters is 1. The highest BCUT2D eigenvalue weighted by Crippen LogP contribution is 2.46. The Morgan fingerprint density at radius 3 is 2.03 bits per heavy atom. The lowest BCUT2D eigenvalue weighted by atomic mass is 9.85. The summed E-state index contributed by atoms with van der Waals surface area (Å²) >= 11 is 0. The van der Waals surface area contributed by atoms with Gasteiger partial charge < -0.3 is 42.3 Å². The molecule has 0 aromatic heterocycles. The van der Waals surface area contributed by atoms with Crippen LogP contribution in [0.4, 0.5) is 0 Å². The number of methoxy groups -OCH3 is 1. The SMILES string of the molecule is COc1ccc(CO[C@@H]2CCC[C@@H](O[Si](C(C)C)(C(C)C)C(C)C)[C@@H](COC(=O)C(C)(C)C)O[C@@]2(C)CC2=CC[C@H]3O[C@H](CCCOCc4ccccc4)C[C@H](OCc4ccccc4)[C@@H]3O2)cc1. The highest BCUT2D eigenvalue weighted by molar-refractivity contribution is 6.77. The monoisotopic (exact) mass is 957 g/mol. The zero-order chi connectivity index (χ0) is 48.9. The molecule has 0 N–H and O–H groups in total. The first kappa shape index (κ1) is 53.8. The van der Waals surface area contributed by atoms with Crippen molar-refractivity contribution in [3.8, 4) is 5.75 Å². The number of carbonyl (C=O) groups excluding carboxylic acids is 1. The molecule has 8 atom stereocenters. The predicted molar refractivity (Wildman–Crippen MR) is 271 cm³/mol. The summed E-state index contributed by atoms with van der Waals surface area (Å²) in [4.78, 5) is 13.5. The van der Waals surface area contributed by atoms with E-state index in [0.717, 1.165) is 61.2 Å². The fourth-order valence-corrected chi connectivity index (χ4v) is 16.3. The Kier molecular flexibility index (Phi) is 19.8. The molecule has 2 saturated heterocycles. The molecule has 6 rings (SSSR count). The van der Waals surface area contributed by atoms with Gasteiger partial charge in [0, 0.05) is 19.4 Å². The van der Waals surface area contributed by atoms with Gasteiger partial charge >= 0.3 is 5.97 Å². The summed E-state index contributed by atoms with van der Waals surface area (Å²) in [6.07, 6.45) is 6.36. The number of benzene rings is 3. The van der Waals surface area contributed by atoms with Crippen molar-refractivity contribution >= 4 is 14.3 Å². The molecule has 10 nitrogen and oxygen atoms in total. The topological polar surface area (TPSA) is 100 Å². The van der Waals surface area contributed by atoms with E-state index in [1.165, 1.54) is 5.56 Å². The lowest BCUT2D eigenvalue weighted by Crippen LogP contribution is -2.57. The largest absolute Gasteiger partial charge is 0.497 e. The van der Waals surface area contributed by atoms with Gasteiger partial charge in [-0.2, -0.15) is 0 Å². The molecule has 11 heteroatoms. The lowest BCUT2D eigenvalue weighted by molar-refractivity contribution is -0.223. The molecular weight excluding hydrogens is 873 g/mol. The highest BCUT2D eigenvalue weighted by atomic mass is 28.4. The molecule has 3 aromatic rings. The van der Waals surface area contributed by atoms with Crippen LogP contribution in [0.5, 0.6) is 5.75 Å². The third-order valence-corrected chi connectivity index (χ3v) is 20.5. The molecule has 376 valence electrons. The van der Waals surface area contributed by atoms with Crippen molar-refractivity contribution in [2.75, 3.05) is 20.3 Å². The van der Waals surface area contributed by atoms with E-state index in [0.29, 0.717) is 55.9 Å². The zero-order valence-corrected chi connectivity index (χ0v) is 44.2. The standard InChI is InChI=1S/C57H84O10Si/c1-40(2)68(41(3)4,42(5)6)67-49-25-18-26-53(62-38-45-27-29-46(59-11)30-28-45)57(10,66-52(49)39-63-55(58)56(7,8)9)35-48-31-32-50-54(65-48)51(61-37-44-22-16-13-17-23-44)34-47(64-50)24-19-33-60-36-43-20-14-12-15-21-43/h12-17,20-23,27-31,40-42,47,49-54H,18-19,24-26,32-39H2,1-11H3/t47-,49-,50-,51+,52-,53-,54-,57+/m1/s1. The normalized spacial score (nSPS) is 25.9. The Bertz CT molecular complexity index is 1960. The van der Waals surface area contributed by atoms with Gasteiger partial charge in [0.1, 0.15) is 24.6 Å². The van der Waals surface area contributed by atoms with Crippen molar-refractivity contribution in [3.63, 3.8) is 0 Å². The summed E-state index contributed by atoms with van der Waals surface area (Å²) in [5.74, 6) is 1.36. The van der Waals surface area contributed by atoms with E-state index in [-0.39, 0.29) is 49.2 Å². The number of fused-ring (bicyclic) bond motifs is 1. The van der Waals surface area contributed by atoms with Crippen LogP contribution < -0.4 is 4.74 Å². The van der Waals surface area contributed by atoms with Crippen molar-refractivity contribution in [3.05, 3.63) is 113 Å². The summed E-state index contributed by atoms with van der Waals surface area (Å²) < 4.78 is 60.6. The maximum absolute atomic E-state index is 13.5. The average Bonchev–Trinajstić information content (AvgIpc) is 3.31. The van der Waals surface area contributed by atoms with Crippen LogP contribution in [0.2, 0.25) is 16.6 Å². The second kappa shape index (κ2) is 25.0. The van der Waals surface area contributed by atoms with Gasteiger partial charge in [-0.15, -0.1) is 0 Å². The number of hydrogen-bond donors (Lipinski definition) is 0. The second-order valence-corrected chi connectivity index (χ2v) is 27.0. The molecule has 2 fully saturated rings. The third-order valence-electron chi connectivity index (χ3n) is 14.4. The Morgan fingerprint density at radius 2 is 1.41 bits per heavy atom. The summed E-state index contributed by atoms with van der Waals surface area (Å²) in [5.41, 5.74) is 2.87. The van der Waals surface area contributed by atoms with Crippen LogP contribution in [0, 0.1) is 5.41 Å². The van der Waals surface area contributed by atoms with Gasteiger partial charge in [-0.1, -0.05) is 114 Å². The van der Waals surface area contributed by atoms with Gasteiger partial charge in [0.25, 0.3) is 0 Å². The minimum atomic E-state index is -2.39. The van der Waals surface area contributed by atoms with Crippen molar-refractivity contribution in [2.45, 2.75) is 205 Å². The molecule has 0 amide bonds. The maximum Gasteiger partial charge on any atom is 0.311 e. The van der Waals surface area contributed by atoms with E-state index in [1.54, 1.807) is 7.11 Å². The van der Waals surface area contributed by atoms with Gasteiger partial charge in [0.15, 0.2) is 6.10 Å². The molecular formula is C57H84O10Si. The molecule has 68 heavy (non-hydrogen) atoms. The average molecular weight is 957 g/mol. The molecule has 0 saturated carbocycles. The number of hydrogen-bond acceptors (Lipinski definition) is 10. The van der Waals surface area contributed by atoms with Crippen LogP contribution in [0.15, 0.2) is 96.8 Å². The van der Waals surface area contributed by atoms with Gasteiger partial charge in [-0.25, -0.2) is 0 Å². The quantitative estimate of drug-likeness (QED) is 0.0550. The Hall–Kier alpha value is -3.55. The van der Waals surface area contributed by atoms with Gasteiger partial charge in [-0.3, -0.25) is 4.79 Å². The maximum atomic E-state index is 13.5. The first-order valence-corrected chi connectivity index (χ1v) is 27.7. The zero-order valence-electron chi connectivity index (χ0n) is 43.2. The van der Waals surface area contributed by atoms with Gasteiger partial charge in [0.2, 0.25) is 8.32 Å². The minimum absolute atomic E-state index is 0.0183. The van der Waals surface area contributed by atoms with Crippen LogP contribution in [-0.2, 0) is 62.2 Å². The van der Waals surface area contributed by atoms with E-state index in [4.69, 9.17) is 42.3 Å². The minimum Gasteiger partial charge on any atom is -0.497 e. The van der Waals surface area contributed by atoms with Crippen LogP contribution in [0.1, 0.15) is 137 Å². The molecule has 3 aliphatic heterocycles. The van der Waals surface area contributed by atoms with E-state index in [9.17, 15) is 4.79 Å². The fraction of sp³-hybridized carbons (Fsp3) is 0.632. The summed E-state index contributed by atoms with van der Waals surface area (Å²) in [6.45, 7) is 23.9. The van der Waals surface area contributed by atoms with E-state index >= 15 is 0 Å². The van der Waals surface area contributed by atoms with Crippen LogP contribution in [0.25, 0.3) is 0 Å². The molecule has 3 heterocycles. The van der Waals surface area contributed by atoms with Crippen molar-refractivity contribution in [2.24, 2.45) is 5.41 Å². The molecule has 0 bridgehead atoms. The highest BCUT2D eigenvalue weighted by Gasteiger charge is 2.51. The van der Waals surface area contributed by atoms with E-state index in [1.807, 2.05) is 81.4 Å². The first-order valence-electron chi connectivity index (χ1n) is 25.6. The first-order chi connectivity index (χ1) is 32.5. The molecule has 0 unspecified atom stereocenters. The van der Waals surface area contributed by atoms with Crippen LogP contribution >= 0.6 is 0 Å². The third kappa shape index (κ3) is 14.5. The molecule has 3 aromatic carbocycles. The van der Waals surface area contributed by atoms with E-state index < -0.39 is 25.4 Å². The fourth-order valence-electron chi connectivity index (χ4n) is 10.7. The van der Waals surface area contributed by atoms with Crippen molar-refractivity contribution in [1.82, 2.24) is 0 Å². The van der Waals surface area contributed by atoms with Gasteiger partial charge in [-0.05, 0) is 118 Å². The van der Waals surface area contributed by atoms with Gasteiger partial charge in [0.05, 0.1) is 68.1 Å². The summed E-state index contributed by atoms with van der Waals surface area (Å²) in [6, 6.07) is 28.7. The Morgan fingerprint density at radius 1 is 0.794 bits per heavy atom. The lowest BCUT2D eigenvalue weighted by Gasteiger charge is -2.50. The number of ether oxygens (including phenoxy) is 8. The Balaban J connectivity index is 1.27. The summed E-state index contributed by atoms with van der Waals surface area (Å²) in [5, 5.41) is 0. The smallest absolute Gasteiger partial charge is 0.311 e. The van der Waals surface area contributed by atoms with E-state index in [2.05, 4.69) is 78.8 Å². The van der Waals surface area contributed by atoms with Crippen molar-refractivity contribution < 1.29 is 47.1 Å². The second-order valence-electron chi connectivity index (χ2n) is 21.6.